The minimum absolute atomic E-state index is 0.102. The number of hydrogen-bond donors (Lipinski definition) is 0. The Morgan fingerprint density at radius 2 is 1.53 bits per heavy atom. The van der Waals surface area contributed by atoms with Gasteiger partial charge < -0.3 is 0 Å². The first-order valence-electron chi connectivity index (χ1n) is 5.49. The molecule has 0 bridgehead atoms. The van der Waals surface area contributed by atoms with Gasteiger partial charge in [0.2, 0.25) is 0 Å². The summed E-state index contributed by atoms with van der Waals surface area (Å²) in [5.41, 5.74) is 2.88. The Morgan fingerprint density at radius 1 is 0.941 bits per heavy atom. The van der Waals surface area contributed by atoms with Crippen molar-refractivity contribution in [1.29, 1.82) is 0 Å². The predicted molar refractivity (Wildman–Crippen MR) is 71.6 cm³/mol. The Balaban J connectivity index is 2.20. The van der Waals surface area contributed by atoms with Gasteiger partial charge in [-0.1, -0.05) is 0 Å². The van der Waals surface area contributed by atoms with Crippen molar-refractivity contribution >= 4 is 26.7 Å². The normalized spacial score (nSPS) is 10.2. The van der Waals surface area contributed by atoms with Crippen molar-refractivity contribution in [2.75, 3.05) is 0 Å². The number of hydrogen-bond acceptors (Lipinski definition) is 1. The van der Waals surface area contributed by atoms with Crippen LogP contribution in [0.25, 0.3) is 0 Å². The number of ketones is 1. The van der Waals surface area contributed by atoms with Gasteiger partial charge in [0, 0.05) is 0 Å². The number of carbonyl (C=O) groups is 1. The summed E-state index contributed by atoms with van der Waals surface area (Å²) in [5, 5.41) is 0. The number of benzene rings is 2. The molecule has 0 N–H and O–H groups in total. The standard InChI is InChI=1S/C15H14OTe/c1-17-11-12-7-9-14(10-8-12)15(16)13-5-3-2-4-6-13/h2-10H,11H2,1H3. The first kappa shape index (κ1) is 12.4. The van der Waals surface area contributed by atoms with Gasteiger partial charge in [0.1, 0.15) is 0 Å². The molecule has 1 nitrogen and oxygen atoms in total. The minimum atomic E-state index is 0.102. The summed E-state index contributed by atoms with van der Waals surface area (Å²) in [6.45, 7) is 0. The Bertz CT molecular complexity index is 488. The van der Waals surface area contributed by atoms with E-state index in [0.717, 1.165) is 11.1 Å². The van der Waals surface area contributed by atoms with Crippen molar-refractivity contribution in [2.45, 2.75) is 9.44 Å². The van der Waals surface area contributed by atoms with E-state index in [4.69, 9.17) is 0 Å². The third-order valence-corrected chi connectivity index (χ3v) is 4.34. The van der Waals surface area contributed by atoms with Gasteiger partial charge in [-0.2, -0.15) is 0 Å². The maximum atomic E-state index is 12.1. The van der Waals surface area contributed by atoms with Crippen molar-refractivity contribution < 1.29 is 4.79 Å². The van der Waals surface area contributed by atoms with Crippen molar-refractivity contribution in [1.82, 2.24) is 0 Å². The molecule has 0 spiro atoms. The van der Waals surface area contributed by atoms with Gasteiger partial charge in [-0.3, -0.25) is 0 Å². The van der Waals surface area contributed by atoms with E-state index in [9.17, 15) is 4.79 Å². The van der Waals surface area contributed by atoms with Crippen LogP contribution in [0.3, 0.4) is 0 Å². The summed E-state index contributed by atoms with van der Waals surface area (Å²) >= 11 is 0.118. The van der Waals surface area contributed by atoms with Crippen molar-refractivity contribution in [2.24, 2.45) is 0 Å². The zero-order chi connectivity index (χ0) is 12.1. The molecule has 0 aliphatic heterocycles. The Kier molecular flexibility index (Phi) is 4.36. The molecule has 2 aromatic rings. The first-order chi connectivity index (χ1) is 8.31. The van der Waals surface area contributed by atoms with Crippen LogP contribution >= 0.6 is 0 Å². The van der Waals surface area contributed by atoms with E-state index in [-0.39, 0.29) is 26.7 Å². The van der Waals surface area contributed by atoms with Crippen LogP contribution in [0.1, 0.15) is 21.5 Å². The fourth-order valence-corrected chi connectivity index (χ4v) is 3.18. The molecule has 2 heteroatoms. The van der Waals surface area contributed by atoms with Gasteiger partial charge in [-0.05, 0) is 0 Å². The van der Waals surface area contributed by atoms with E-state index in [0.29, 0.717) is 0 Å². The molecular weight excluding hydrogens is 324 g/mol. The molecule has 0 aromatic heterocycles. The summed E-state index contributed by atoms with van der Waals surface area (Å²) in [7, 11) is 0. The van der Waals surface area contributed by atoms with E-state index < -0.39 is 0 Å². The number of carbonyl (C=O) groups excluding carboxylic acids is 1. The third kappa shape index (κ3) is 3.19. The molecule has 0 atom stereocenters. The predicted octanol–water partition coefficient (Wildman–Crippen LogP) is 3.17. The molecule has 86 valence electrons. The van der Waals surface area contributed by atoms with Gasteiger partial charge in [0.25, 0.3) is 0 Å². The van der Waals surface area contributed by atoms with Gasteiger partial charge >= 0.3 is 112 Å². The molecule has 17 heavy (non-hydrogen) atoms. The molecular formula is C15H14OTe. The summed E-state index contributed by atoms with van der Waals surface area (Å²) < 4.78 is 1.20. The molecule has 0 unspecified atom stereocenters. The van der Waals surface area contributed by atoms with Crippen molar-refractivity contribution in [3.63, 3.8) is 0 Å². The molecule has 0 saturated carbocycles. The fourth-order valence-electron chi connectivity index (χ4n) is 1.68. The second-order valence-electron chi connectivity index (χ2n) is 3.83. The summed E-state index contributed by atoms with van der Waals surface area (Å²) in [4.78, 5) is 14.4. The number of rotatable bonds is 4. The quantitative estimate of drug-likeness (QED) is 0.618. The summed E-state index contributed by atoms with van der Waals surface area (Å²) in [5.74, 6) is 0.102. The van der Waals surface area contributed by atoms with E-state index in [1.807, 2.05) is 42.5 Å². The molecule has 0 heterocycles. The third-order valence-electron chi connectivity index (χ3n) is 2.56. The molecule has 0 fully saturated rings. The van der Waals surface area contributed by atoms with E-state index >= 15 is 0 Å². The summed E-state index contributed by atoms with van der Waals surface area (Å²) in [6.07, 6.45) is 0. The second kappa shape index (κ2) is 6.00. The molecule has 2 aromatic carbocycles. The molecule has 2 rings (SSSR count). The van der Waals surface area contributed by atoms with Crippen molar-refractivity contribution in [3.8, 4) is 0 Å². The Labute approximate surface area is 112 Å². The van der Waals surface area contributed by atoms with Crippen LogP contribution in [0.2, 0.25) is 4.97 Å². The molecule has 0 radical (unpaired) electrons. The summed E-state index contributed by atoms with van der Waals surface area (Å²) in [6, 6.07) is 17.4. The van der Waals surface area contributed by atoms with Crippen LogP contribution in [0.4, 0.5) is 0 Å². The molecule has 0 amide bonds. The van der Waals surface area contributed by atoms with Gasteiger partial charge in [0.15, 0.2) is 0 Å². The topological polar surface area (TPSA) is 17.1 Å². The molecule has 0 aliphatic rings. The molecule has 0 aliphatic carbocycles. The maximum absolute atomic E-state index is 12.1. The average Bonchev–Trinajstić information content (AvgIpc) is 2.40. The van der Waals surface area contributed by atoms with Crippen LogP contribution in [-0.2, 0) is 4.47 Å². The van der Waals surface area contributed by atoms with Gasteiger partial charge in [-0.25, -0.2) is 0 Å². The van der Waals surface area contributed by atoms with Crippen LogP contribution in [0.15, 0.2) is 54.6 Å². The van der Waals surface area contributed by atoms with E-state index in [2.05, 4.69) is 17.1 Å². The zero-order valence-electron chi connectivity index (χ0n) is 9.72. The Morgan fingerprint density at radius 3 is 2.12 bits per heavy atom. The van der Waals surface area contributed by atoms with Crippen LogP contribution < -0.4 is 0 Å². The van der Waals surface area contributed by atoms with Gasteiger partial charge in [0.05, 0.1) is 0 Å². The van der Waals surface area contributed by atoms with E-state index in [1.165, 1.54) is 10.0 Å². The Hall–Kier alpha value is -1.10. The van der Waals surface area contributed by atoms with Crippen molar-refractivity contribution in [3.05, 3.63) is 71.3 Å². The first-order valence-corrected chi connectivity index (χ1v) is 9.46. The van der Waals surface area contributed by atoms with Crippen LogP contribution in [0, 0.1) is 0 Å². The monoisotopic (exact) mass is 340 g/mol. The van der Waals surface area contributed by atoms with Crippen LogP contribution in [0.5, 0.6) is 0 Å². The molecule has 0 saturated heterocycles. The SMILES string of the molecule is C[Te]Cc1ccc(C(=O)c2ccccc2)cc1. The average molecular weight is 338 g/mol. The zero-order valence-corrected chi connectivity index (χ0v) is 12.1. The second-order valence-corrected chi connectivity index (χ2v) is 6.30. The van der Waals surface area contributed by atoms with Gasteiger partial charge in [-0.15, -0.1) is 0 Å². The van der Waals surface area contributed by atoms with E-state index in [1.54, 1.807) is 0 Å². The van der Waals surface area contributed by atoms with Crippen LogP contribution in [-0.4, -0.2) is 26.7 Å². The fraction of sp³-hybridized carbons (Fsp3) is 0.133.